The molecule has 0 aromatic heterocycles. The second kappa shape index (κ2) is 7.62. The lowest BCUT2D eigenvalue weighted by Gasteiger charge is -2.39. The fourth-order valence-corrected chi connectivity index (χ4v) is 3.87. The Morgan fingerprint density at radius 2 is 1.65 bits per heavy atom. The number of rotatable bonds is 2. The van der Waals surface area contributed by atoms with Crippen LogP contribution in [-0.2, 0) is 4.79 Å². The SMILES string of the molecule is Cl.O=C(C1CCCCC1)N1CCN(C2CCNC2)CC1. The highest BCUT2D eigenvalue weighted by Crippen LogP contribution is 2.26. The molecule has 2 heterocycles. The smallest absolute Gasteiger partial charge is 0.225 e. The first-order valence-corrected chi connectivity index (χ1v) is 8.08. The molecule has 3 rings (SSSR count). The number of nitrogens with zero attached hydrogens (tertiary/aromatic N) is 2. The standard InChI is InChI=1S/C15H27N3O.ClH/c19-15(13-4-2-1-3-5-13)18-10-8-17(9-11-18)14-6-7-16-12-14;/h13-14,16H,1-12H2;1H. The summed E-state index contributed by atoms with van der Waals surface area (Å²) in [6.07, 6.45) is 7.37. The van der Waals surface area contributed by atoms with Gasteiger partial charge in [0, 0.05) is 44.7 Å². The number of carbonyl (C=O) groups excluding carboxylic acids is 1. The van der Waals surface area contributed by atoms with Gasteiger partial charge in [-0.05, 0) is 25.8 Å². The van der Waals surface area contributed by atoms with Crippen LogP contribution in [0.25, 0.3) is 0 Å². The molecule has 1 amide bonds. The van der Waals surface area contributed by atoms with E-state index in [0.29, 0.717) is 17.9 Å². The first-order chi connectivity index (χ1) is 9.34. The molecule has 4 nitrogen and oxygen atoms in total. The topological polar surface area (TPSA) is 35.6 Å². The Balaban J connectivity index is 0.00000147. The molecule has 1 atom stereocenters. The molecule has 1 aliphatic carbocycles. The van der Waals surface area contributed by atoms with Crippen molar-refractivity contribution in [2.24, 2.45) is 5.92 Å². The van der Waals surface area contributed by atoms with Crippen molar-refractivity contribution in [1.29, 1.82) is 0 Å². The minimum Gasteiger partial charge on any atom is -0.340 e. The summed E-state index contributed by atoms with van der Waals surface area (Å²) >= 11 is 0. The van der Waals surface area contributed by atoms with E-state index in [1.54, 1.807) is 0 Å². The summed E-state index contributed by atoms with van der Waals surface area (Å²) in [6.45, 7) is 6.34. The molecule has 0 radical (unpaired) electrons. The maximum Gasteiger partial charge on any atom is 0.225 e. The molecule has 2 aliphatic heterocycles. The molecule has 5 heteroatoms. The van der Waals surface area contributed by atoms with Gasteiger partial charge >= 0.3 is 0 Å². The minimum atomic E-state index is 0. The summed E-state index contributed by atoms with van der Waals surface area (Å²) in [5.74, 6) is 0.789. The molecule has 0 aromatic carbocycles. The van der Waals surface area contributed by atoms with E-state index in [0.717, 1.165) is 52.1 Å². The first kappa shape index (κ1) is 16.1. The van der Waals surface area contributed by atoms with Gasteiger partial charge < -0.3 is 10.2 Å². The van der Waals surface area contributed by atoms with Crippen LogP contribution in [0.1, 0.15) is 38.5 Å². The number of halogens is 1. The fraction of sp³-hybridized carbons (Fsp3) is 0.933. The van der Waals surface area contributed by atoms with Crippen LogP contribution in [0, 0.1) is 5.92 Å². The number of amides is 1. The van der Waals surface area contributed by atoms with Crippen molar-refractivity contribution < 1.29 is 4.79 Å². The van der Waals surface area contributed by atoms with Crippen molar-refractivity contribution in [2.45, 2.75) is 44.6 Å². The molecule has 116 valence electrons. The molecule has 0 aromatic rings. The number of carbonyl (C=O) groups is 1. The lowest BCUT2D eigenvalue weighted by Crippen LogP contribution is -2.53. The van der Waals surface area contributed by atoms with Gasteiger partial charge in [0.25, 0.3) is 0 Å². The van der Waals surface area contributed by atoms with Gasteiger partial charge in [0.05, 0.1) is 0 Å². The molecular formula is C15H28ClN3O. The predicted molar refractivity (Wildman–Crippen MR) is 83.3 cm³/mol. The van der Waals surface area contributed by atoms with Crippen molar-refractivity contribution in [1.82, 2.24) is 15.1 Å². The van der Waals surface area contributed by atoms with Crippen molar-refractivity contribution in [3.63, 3.8) is 0 Å². The molecule has 0 spiro atoms. The van der Waals surface area contributed by atoms with Gasteiger partial charge in [-0.15, -0.1) is 12.4 Å². The molecule has 0 bridgehead atoms. The van der Waals surface area contributed by atoms with Gasteiger partial charge in [0.15, 0.2) is 0 Å². The van der Waals surface area contributed by atoms with Crippen molar-refractivity contribution in [3.8, 4) is 0 Å². The van der Waals surface area contributed by atoms with Crippen LogP contribution in [0.5, 0.6) is 0 Å². The van der Waals surface area contributed by atoms with Crippen LogP contribution in [0.3, 0.4) is 0 Å². The van der Waals surface area contributed by atoms with E-state index >= 15 is 0 Å². The second-order valence-electron chi connectivity index (χ2n) is 6.34. The molecule has 1 unspecified atom stereocenters. The largest absolute Gasteiger partial charge is 0.340 e. The Labute approximate surface area is 128 Å². The quantitative estimate of drug-likeness (QED) is 0.839. The average Bonchev–Trinajstić information content (AvgIpc) is 3.02. The molecular weight excluding hydrogens is 274 g/mol. The third-order valence-corrected chi connectivity index (χ3v) is 5.13. The van der Waals surface area contributed by atoms with Gasteiger partial charge in [0.1, 0.15) is 0 Å². The summed E-state index contributed by atoms with van der Waals surface area (Å²) in [4.78, 5) is 17.2. The number of nitrogens with one attached hydrogen (secondary N) is 1. The Kier molecular flexibility index (Phi) is 6.12. The molecule has 3 fully saturated rings. The van der Waals surface area contributed by atoms with E-state index in [1.807, 2.05) is 0 Å². The van der Waals surface area contributed by atoms with Gasteiger partial charge in [-0.2, -0.15) is 0 Å². The highest BCUT2D eigenvalue weighted by molar-refractivity contribution is 5.85. The van der Waals surface area contributed by atoms with Crippen LogP contribution < -0.4 is 5.32 Å². The zero-order valence-corrected chi connectivity index (χ0v) is 13.2. The molecule has 1 N–H and O–H groups in total. The lowest BCUT2D eigenvalue weighted by atomic mass is 9.88. The summed E-state index contributed by atoms with van der Waals surface area (Å²) in [5.41, 5.74) is 0. The molecule has 1 saturated carbocycles. The highest BCUT2D eigenvalue weighted by atomic mass is 35.5. The Bertz CT molecular complexity index is 306. The van der Waals surface area contributed by atoms with Crippen LogP contribution in [0.4, 0.5) is 0 Å². The van der Waals surface area contributed by atoms with Gasteiger partial charge in [-0.25, -0.2) is 0 Å². The normalized spacial score (nSPS) is 29.2. The van der Waals surface area contributed by atoms with Crippen LogP contribution in [0.2, 0.25) is 0 Å². The Hall–Kier alpha value is -0.320. The predicted octanol–water partition coefficient (Wildman–Crippen LogP) is 1.49. The van der Waals surface area contributed by atoms with Crippen molar-refractivity contribution in [2.75, 3.05) is 39.3 Å². The number of piperazine rings is 1. The van der Waals surface area contributed by atoms with Crippen molar-refractivity contribution >= 4 is 18.3 Å². The lowest BCUT2D eigenvalue weighted by molar-refractivity contribution is -0.138. The maximum atomic E-state index is 12.5. The van der Waals surface area contributed by atoms with Crippen LogP contribution >= 0.6 is 12.4 Å². The average molecular weight is 302 g/mol. The minimum absolute atomic E-state index is 0. The maximum absolute atomic E-state index is 12.5. The second-order valence-corrected chi connectivity index (χ2v) is 6.34. The van der Waals surface area contributed by atoms with E-state index in [-0.39, 0.29) is 12.4 Å². The number of hydrogen-bond donors (Lipinski definition) is 1. The molecule has 20 heavy (non-hydrogen) atoms. The summed E-state index contributed by atoms with van der Waals surface area (Å²) in [6, 6.07) is 0.715. The fourth-order valence-electron chi connectivity index (χ4n) is 3.87. The summed E-state index contributed by atoms with van der Waals surface area (Å²) in [5, 5.41) is 3.43. The highest BCUT2D eigenvalue weighted by Gasteiger charge is 2.31. The van der Waals surface area contributed by atoms with Gasteiger partial charge in [0.2, 0.25) is 5.91 Å². The monoisotopic (exact) mass is 301 g/mol. The number of hydrogen-bond acceptors (Lipinski definition) is 3. The van der Waals surface area contributed by atoms with E-state index < -0.39 is 0 Å². The summed E-state index contributed by atoms with van der Waals surface area (Å²) < 4.78 is 0. The Morgan fingerprint density at radius 3 is 2.25 bits per heavy atom. The molecule has 3 aliphatic rings. The zero-order valence-electron chi connectivity index (χ0n) is 12.4. The third-order valence-electron chi connectivity index (χ3n) is 5.13. The van der Waals surface area contributed by atoms with Crippen LogP contribution in [-0.4, -0.2) is 61.0 Å². The van der Waals surface area contributed by atoms with E-state index in [9.17, 15) is 4.79 Å². The molecule has 2 saturated heterocycles. The van der Waals surface area contributed by atoms with E-state index in [1.165, 1.54) is 25.7 Å². The van der Waals surface area contributed by atoms with Crippen molar-refractivity contribution in [3.05, 3.63) is 0 Å². The van der Waals surface area contributed by atoms with Gasteiger partial charge in [-0.1, -0.05) is 19.3 Å². The zero-order chi connectivity index (χ0) is 13.1. The van der Waals surface area contributed by atoms with Gasteiger partial charge in [-0.3, -0.25) is 9.69 Å². The van der Waals surface area contributed by atoms with E-state index in [2.05, 4.69) is 15.1 Å². The summed E-state index contributed by atoms with van der Waals surface area (Å²) in [7, 11) is 0. The van der Waals surface area contributed by atoms with Crippen LogP contribution in [0.15, 0.2) is 0 Å². The first-order valence-electron chi connectivity index (χ1n) is 8.08. The van der Waals surface area contributed by atoms with E-state index in [4.69, 9.17) is 0 Å². The third kappa shape index (κ3) is 3.66. The Morgan fingerprint density at radius 1 is 0.950 bits per heavy atom.